The summed E-state index contributed by atoms with van der Waals surface area (Å²) >= 11 is 7.93. The Morgan fingerprint density at radius 2 is 2.19 bits per heavy atom. The van der Waals surface area contributed by atoms with E-state index in [9.17, 15) is 9.59 Å². The van der Waals surface area contributed by atoms with Crippen molar-refractivity contribution in [2.45, 2.75) is 39.0 Å². The summed E-state index contributed by atoms with van der Waals surface area (Å²) in [6.07, 6.45) is 2.07. The molecule has 0 fully saturated rings. The Labute approximate surface area is 169 Å². The van der Waals surface area contributed by atoms with E-state index >= 15 is 0 Å². The largest absolute Gasteiger partial charge is 0.464 e. The molecule has 1 aliphatic heterocycles. The highest BCUT2D eigenvalue weighted by molar-refractivity contribution is 7.99. The number of hydrogen-bond acceptors (Lipinski definition) is 5. The zero-order valence-electron chi connectivity index (χ0n) is 15.7. The number of hydrogen-bond donors (Lipinski definition) is 0. The highest BCUT2D eigenvalue weighted by Crippen LogP contribution is 2.43. The van der Waals surface area contributed by atoms with E-state index in [0.717, 1.165) is 35.6 Å². The number of halogens is 1. The fourth-order valence-electron chi connectivity index (χ4n) is 3.81. The van der Waals surface area contributed by atoms with Gasteiger partial charge >= 0.3 is 5.97 Å². The Morgan fingerprint density at radius 1 is 1.37 bits per heavy atom. The van der Waals surface area contributed by atoms with E-state index < -0.39 is 5.92 Å². The van der Waals surface area contributed by atoms with Gasteiger partial charge in [-0.15, -0.1) is 0 Å². The summed E-state index contributed by atoms with van der Waals surface area (Å²) in [4.78, 5) is 30.3. The third-order valence-corrected chi connectivity index (χ3v) is 6.07. The minimum Gasteiger partial charge on any atom is -0.464 e. The van der Waals surface area contributed by atoms with Crippen molar-refractivity contribution in [2.75, 3.05) is 18.1 Å². The molecule has 3 rings (SSSR count). The lowest BCUT2D eigenvalue weighted by Gasteiger charge is -2.34. The van der Waals surface area contributed by atoms with E-state index in [2.05, 4.69) is 11.9 Å². The fourth-order valence-corrected chi connectivity index (χ4v) is 4.50. The van der Waals surface area contributed by atoms with Gasteiger partial charge in [-0.2, -0.15) is 11.8 Å². The van der Waals surface area contributed by atoms with Gasteiger partial charge in [0, 0.05) is 40.1 Å². The molecule has 1 aromatic rings. The molecule has 0 saturated carbocycles. The summed E-state index contributed by atoms with van der Waals surface area (Å²) < 4.78 is 5.54. The Bertz CT molecular complexity index is 802. The van der Waals surface area contributed by atoms with Crippen molar-refractivity contribution >= 4 is 40.8 Å². The number of thioether (sulfide) groups is 1. The number of aliphatic imine (C=N–C) groups is 1. The SMILES string of the molecule is CCSCCOC(=O)C1C(C)=NC2=C(C(=O)CCC2)[C@@H]1c1cccc(Cl)c1. The molecular weight excluding hydrogens is 382 g/mol. The lowest BCUT2D eigenvalue weighted by Crippen LogP contribution is -2.37. The van der Waals surface area contributed by atoms with Crippen molar-refractivity contribution in [2.24, 2.45) is 10.9 Å². The predicted molar refractivity (Wildman–Crippen MR) is 111 cm³/mol. The van der Waals surface area contributed by atoms with Crippen LogP contribution in [0.2, 0.25) is 5.02 Å². The predicted octanol–water partition coefficient (Wildman–Crippen LogP) is 4.82. The molecule has 2 atom stereocenters. The quantitative estimate of drug-likeness (QED) is 0.503. The molecule has 27 heavy (non-hydrogen) atoms. The number of nitrogens with zero attached hydrogens (tertiary/aromatic N) is 1. The molecule has 0 amide bonds. The van der Waals surface area contributed by atoms with E-state index in [1.54, 1.807) is 17.8 Å². The number of rotatable bonds is 6. The van der Waals surface area contributed by atoms with Gasteiger partial charge in [0.05, 0.1) is 0 Å². The van der Waals surface area contributed by atoms with Gasteiger partial charge < -0.3 is 4.74 Å². The molecule has 0 radical (unpaired) electrons. The Kier molecular flexibility index (Phi) is 6.77. The number of Topliss-reactive ketones (excluding diaryl/α,β-unsaturated/α-hetero) is 1. The minimum atomic E-state index is -0.587. The maximum absolute atomic E-state index is 12.9. The van der Waals surface area contributed by atoms with Gasteiger partial charge in [0.15, 0.2) is 5.78 Å². The van der Waals surface area contributed by atoms with E-state index in [0.29, 0.717) is 29.3 Å². The molecule has 1 unspecified atom stereocenters. The molecule has 0 spiro atoms. The van der Waals surface area contributed by atoms with Gasteiger partial charge in [-0.3, -0.25) is 14.6 Å². The lowest BCUT2D eigenvalue weighted by atomic mass is 9.72. The van der Waals surface area contributed by atoms with Crippen LogP contribution in [-0.2, 0) is 14.3 Å². The standard InChI is InChI=1S/C21H24ClNO3S/c1-3-27-11-10-26-21(25)18-13(2)23-16-8-5-9-17(24)20(16)19(18)14-6-4-7-15(22)12-14/h4,6-7,12,18-19H,3,5,8-11H2,1-2H3/t18?,19-/m1/s1. The van der Waals surface area contributed by atoms with E-state index in [1.807, 2.05) is 25.1 Å². The molecule has 0 bridgehead atoms. The first-order valence-corrected chi connectivity index (χ1v) is 10.9. The van der Waals surface area contributed by atoms with Crippen LogP contribution in [0.25, 0.3) is 0 Å². The molecule has 1 aliphatic carbocycles. The highest BCUT2D eigenvalue weighted by atomic mass is 35.5. The average Bonchev–Trinajstić information content (AvgIpc) is 2.64. The van der Waals surface area contributed by atoms with Crippen LogP contribution in [0.5, 0.6) is 0 Å². The molecule has 0 aromatic heterocycles. The van der Waals surface area contributed by atoms with E-state index in [1.165, 1.54) is 0 Å². The van der Waals surface area contributed by atoms with Gasteiger partial charge in [0.25, 0.3) is 0 Å². The number of allylic oxidation sites excluding steroid dienone is 2. The van der Waals surface area contributed by atoms with Crippen molar-refractivity contribution in [3.8, 4) is 0 Å². The summed E-state index contributed by atoms with van der Waals surface area (Å²) in [5, 5.41) is 0.588. The number of esters is 1. The average molecular weight is 406 g/mol. The zero-order valence-corrected chi connectivity index (χ0v) is 17.2. The number of carbonyl (C=O) groups excluding carboxylic acids is 2. The molecule has 144 valence electrons. The summed E-state index contributed by atoms with van der Waals surface area (Å²) in [6, 6.07) is 7.41. The maximum Gasteiger partial charge on any atom is 0.315 e. The van der Waals surface area contributed by atoms with Crippen molar-refractivity contribution in [1.29, 1.82) is 0 Å². The molecule has 1 heterocycles. The zero-order chi connectivity index (χ0) is 19.4. The number of ketones is 1. The Morgan fingerprint density at radius 3 is 2.93 bits per heavy atom. The molecular formula is C21H24ClNO3S. The molecule has 6 heteroatoms. The normalized spacial score (nSPS) is 22.3. The van der Waals surface area contributed by atoms with Crippen LogP contribution in [0.4, 0.5) is 0 Å². The van der Waals surface area contributed by atoms with Crippen LogP contribution in [0.15, 0.2) is 40.5 Å². The van der Waals surface area contributed by atoms with Crippen LogP contribution in [-0.4, -0.2) is 35.6 Å². The minimum absolute atomic E-state index is 0.0804. The van der Waals surface area contributed by atoms with Crippen molar-refractivity contribution in [3.63, 3.8) is 0 Å². The first-order chi connectivity index (χ1) is 13.0. The van der Waals surface area contributed by atoms with Crippen LogP contribution in [0, 0.1) is 5.92 Å². The summed E-state index contributed by atoms with van der Waals surface area (Å²) in [6.45, 7) is 4.29. The van der Waals surface area contributed by atoms with Gasteiger partial charge in [-0.05, 0) is 43.2 Å². The van der Waals surface area contributed by atoms with E-state index in [-0.39, 0.29) is 17.7 Å². The topological polar surface area (TPSA) is 55.7 Å². The summed E-state index contributed by atoms with van der Waals surface area (Å²) in [7, 11) is 0. The van der Waals surface area contributed by atoms with Crippen LogP contribution in [0.1, 0.15) is 44.6 Å². The summed E-state index contributed by atoms with van der Waals surface area (Å²) in [5.41, 5.74) is 3.06. The van der Waals surface area contributed by atoms with Gasteiger partial charge in [0.1, 0.15) is 12.5 Å². The molecule has 0 saturated heterocycles. The van der Waals surface area contributed by atoms with Crippen LogP contribution in [0.3, 0.4) is 0 Å². The second-order valence-electron chi connectivity index (χ2n) is 6.77. The Hall–Kier alpha value is -1.59. The van der Waals surface area contributed by atoms with Gasteiger partial charge in [0.2, 0.25) is 0 Å². The smallest absolute Gasteiger partial charge is 0.315 e. The van der Waals surface area contributed by atoms with Crippen molar-refractivity contribution < 1.29 is 14.3 Å². The number of benzene rings is 1. The number of carbonyl (C=O) groups is 2. The molecule has 0 N–H and O–H groups in total. The third kappa shape index (κ3) is 4.46. The first kappa shape index (κ1) is 20.2. The van der Waals surface area contributed by atoms with Crippen molar-refractivity contribution in [3.05, 3.63) is 46.1 Å². The molecule has 4 nitrogen and oxygen atoms in total. The lowest BCUT2D eigenvalue weighted by molar-refractivity contribution is -0.145. The fraction of sp³-hybridized carbons (Fsp3) is 0.476. The number of ether oxygens (including phenoxy) is 1. The van der Waals surface area contributed by atoms with E-state index in [4.69, 9.17) is 16.3 Å². The summed E-state index contributed by atoms with van der Waals surface area (Å²) in [5.74, 6) is 0.544. The third-order valence-electron chi connectivity index (χ3n) is 4.97. The highest BCUT2D eigenvalue weighted by Gasteiger charge is 2.43. The van der Waals surface area contributed by atoms with Gasteiger partial charge in [-0.1, -0.05) is 30.7 Å². The monoisotopic (exact) mass is 405 g/mol. The first-order valence-electron chi connectivity index (χ1n) is 9.34. The maximum atomic E-state index is 12.9. The van der Waals surface area contributed by atoms with Crippen LogP contribution >= 0.6 is 23.4 Å². The molecule has 2 aliphatic rings. The second kappa shape index (κ2) is 9.07. The Balaban J connectivity index is 1.98. The van der Waals surface area contributed by atoms with Crippen LogP contribution < -0.4 is 0 Å². The van der Waals surface area contributed by atoms with Crippen molar-refractivity contribution in [1.82, 2.24) is 0 Å². The van der Waals surface area contributed by atoms with Gasteiger partial charge in [-0.25, -0.2) is 0 Å². The molecule has 1 aromatic carbocycles. The second-order valence-corrected chi connectivity index (χ2v) is 8.60.